The van der Waals surface area contributed by atoms with E-state index in [1.165, 1.54) is 64.2 Å². The average Bonchev–Trinajstić information content (AvgIpc) is 2.33. The molecule has 108 valence electrons. The van der Waals surface area contributed by atoms with E-state index in [9.17, 15) is 0 Å². The Hall–Kier alpha value is -0.0800. The summed E-state index contributed by atoms with van der Waals surface area (Å²) in [6.45, 7) is 4.57. The van der Waals surface area contributed by atoms with Gasteiger partial charge >= 0.3 is 0 Å². The molecule has 1 saturated carbocycles. The van der Waals surface area contributed by atoms with Crippen LogP contribution in [0.3, 0.4) is 0 Å². The molecule has 0 spiro atoms. The van der Waals surface area contributed by atoms with Crippen LogP contribution >= 0.6 is 0 Å². The third-order valence-electron chi connectivity index (χ3n) is 4.21. The largest absolute Gasteiger partial charge is 0.381 e. The number of hydrogen-bond acceptors (Lipinski definition) is 2. The summed E-state index contributed by atoms with van der Waals surface area (Å²) in [5.74, 6) is 0. The fourth-order valence-electron chi connectivity index (χ4n) is 2.82. The summed E-state index contributed by atoms with van der Waals surface area (Å²) in [5.41, 5.74) is 0. The molecule has 0 aromatic rings. The topological polar surface area (TPSA) is 21.3 Å². The molecule has 1 N–H and O–H groups in total. The van der Waals surface area contributed by atoms with Crippen LogP contribution in [0, 0.1) is 0 Å². The first-order chi connectivity index (χ1) is 8.80. The van der Waals surface area contributed by atoms with Crippen LogP contribution in [0.15, 0.2) is 0 Å². The zero-order valence-electron chi connectivity index (χ0n) is 12.7. The van der Waals surface area contributed by atoms with Crippen molar-refractivity contribution in [3.05, 3.63) is 0 Å². The fraction of sp³-hybridized carbons (Fsp3) is 1.00. The molecule has 1 aliphatic carbocycles. The lowest BCUT2D eigenvalue weighted by molar-refractivity contribution is 0.0134. The highest BCUT2D eigenvalue weighted by atomic mass is 16.5. The van der Waals surface area contributed by atoms with E-state index in [1.807, 2.05) is 7.11 Å². The van der Waals surface area contributed by atoms with Crippen molar-refractivity contribution in [2.24, 2.45) is 0 Å². The third kappa shape index (κ3) is 6.19. The van der Waals surface area contributed by atoms with Gasteiger partial charge in [0.05, 0.1) is 6.10 Å². The molecule has 0 radical (unpaired) electrons. The van der Waals surface area contributed by atoms with Crippen LogP contribution in [0.5, 0.6) is 0 Å². The molecule has 2 nitrogen and oxygen atoms in total. The molecule has 0 saturated heterocycles. The van der Waals surface area contributed by atoms with Crippen molar-refractivity contribution in [1.82, 2.24) is 5.32 Å². The van der Waals surface area contributed by atoms with Crippen molar-refractivity contribution in [3.63, 3.8) is 0 Å². The van der Waals surface area contributed by atoms with Crippen molar-refractivity contribution in [2.75, 3.05) is 7.11 Å². The van der Waals surface area contributed by atoms with Crippen LogP contribution in [-0.2, 0) is 4.74 Å². The molecule has 0 atom stereocenters. The molecular weight excluding hydrogens is 222 g/mol. The summed E-state index contributed by atoms with van der Waals surface area (Å²) in [4.78, 5) is 0. The van der Waals surface area contributed by atoms with Crippen molar-refractivity contribution in [3.8, 4) is 0 Å². The zero-order chi connectivity index (χ0) is 13.2. The molecular formula is C16H33NO. The maximum atomic E-state index is 5.36. The van der Waals surface area contributed by atoms with Crippen LogP contribution in [0.1, 0.15) is 78.1 Å². The summed E-state index contributed by atoms with van der Waals surface area (Å²) < 4.78 is 5.36. The predicted octanol–water partition coefficient (Wildman–Crippen LogP) is 4.28. The first-order valence-electron chi connectivity index (χ1n) is 8.09. The van der Waals surface area contributed by atoms with Crippen molar-refractivity contribution >= 4 is 0 Å². The van der Waals surface area contributed by atoms with Crippen molar-refractivity contribution in [1.29, 1.82) is 0 Å². The Morgan fingerprint density at radius 1 is 1.00 bits per heavy atom. The van der Waals surface area contributed by atoms with E-state index in [0.29, 0.717) is 6.10 Å². The second-order valence-corrected chi connectivity index (χ2v) is 5.88. The summed E-state index contributed by atoms with van der Waals surface area (Å²) in [5, 5.41) is 3.86. The van der Waals surface area contributed by atoms with Gasteiger partial charge < -0.3 is 10.1 Å². The molecule has 1 rings (SSSR count). The number of methoxy groups -OCH3 is 1. The Morgan fingerprint density at radius 3 is 2.00 bits per heavy atom. The summed E-state index contributed by atoms with van der Waals surface area (Å²) in [6, 6.07) is 1.48. The molecule has 0 bridgehead atoms. The van der Waals surface area contributed by atoms with Crippen LogP contribution in [0.25, 0.3) is 0 Å². The van der Waals surface area contributed by atoms with E-state index in [0.717, 1.165) is 12.1 Å². The summed E-state index contributed by atoms with van der Waals surface area (Å²) in [6.07, 6.45) is 13.9. The maximum Gasteiger partial charge on any atom is 0.0601 e. The van der Waals surface area contributed by atoms with Gasteiger partial charge in [-0.15, -0.1) is 0 Å². The second-order valence-electron chi connectivity index (χ2n) is 5.88. The minimum absolute atomic E-state index is 0.523. The fourth-order valence-corrected chi connectivity index (χ4v) is 2.82. The average molecular weight is 255 g/mol. The first kappa shape index (κ1) is 16.0. The van der Waals surface area contributed by atoms with Gasteiger partial charge in [0.2, 0.25) is 0 Å². The molecule has 18 heavy (non-hydrogen) atoms. The second kappa shape index (κ2) is 9.80. The van der Waals surface area contributed by atoms with E-state index in [4.69, 9.17) is 4.74 Å². The number of ether oxygens (including phenoxy) is 1. The monoisotopic (exact) mass is 255 g/mol. The summed E-state index contributed by atoms with van der Waals surface area (Å²) in [7, 11) is 1.83. The van der Waals surface area contributed by atoms with E-state index in [1.54, 1.807) is 0 Å². The highest BCUT2D eigenvalue weighted by Crippen LogP contribution is 2.24. The van der Waals surface area contributed by atoms with E-state index >= 15 is 0 Å². The molecule has 0 heterocycles. The van der Waals surface area contributed by atoms with Gasteiger partial charge in [0.1, 0.15) is 0 Å². The number of unbranched alkanes of at least 4 members (excludes halogenated alkanes) is 4. The van der Waals surface area contributed by atoms with Crippen molar-refractivity contribution in [2.45, 2.75) is 96.2 Å². The van der Waals surface area contributed by atoms with Gasteiger partial charge in [-0.05, 0) is 25.7 Å². The molecule has 0 unspecified atom stereocenters. The first-order valence-corrected chi connectivity index (χ1v) is 8.09. The van der Waals surface area contributed by atoms with Crippen LogP contribution in [-0.4, -0.2) is 25.3 Å². The van der Waals surface area contributed by atoms with Crippen LogP contribution < -0.4 is 5.32 Å². The van der Waals surface area contributed by atoms with E-state index in [2.05, 4.69) is 19.2 Å². The minimum atomic E-state index is 0.523. The highest BCUT2D eigenvalue weighted by Gasteiger charge is 2.30. The molecule has 1 aliphatic rings. The predicted molar refractivity (Wildman–Crippen MR) is 79.0 cm³/mol. The Bertz CT molecular complexity index is 180. The van der Waals surface area contributed by atoms with Gasteiger partial charge in [-0.2, -0.15) is 0 Å². The lowest BCUT2D eigenvalue weighted by atomic mass is 9.87. The van der Waals surface area contributed by atoms with Gasteiger partial charge in [-0.1, -0.05) is 52.4 Å². The quantitative estimate of drug-likeness (QED) is 0.556. The lowest BCUT2D eigenvalue weighted by Crippen LogP contribution is -2.49. The van der Waals surface area contributed by atoms with Crippen LogP contribution in [0.4, 0.5) is 0 Å². The Morgan fingerprint density at radius 2 is 1.56 bits per heavy atom. The van der Waals surface area contributed by atoms with Crippen LogP contribution in [0.2, 0.25) is 0 Å². The Balaban J connectivity index is 2.16. The molecule has 1 fully saturated rings. The molecule has 2 heteroatoms. The molecule has 0 aromatic carbocycles. The smallest absolute Gasteiger partial charge is 0.0601 e. The zero-order valence-corrected chi connectivity index (χ0v) is 12.7. The minimum Gasteiger partial charge on any atom is -0.381 e. The molecule has 0 aliphatic heterocycles. The summed E-state index contributed by atoms with van der Waals surface area (Å²) >= 11 is 0. The van der Waals surface area contributed by atoms with Gasteiger partial charge in [-0.3, -0.25) is 0 Å². The lowest BCUT2D eigenvalue weighted by Gasteiger charge is -2.37. The molecule has 0 aromatic heterocycles. The van der Waals surface area contributed by atoms with Gasteiger partial charge in [-0.25, -0.2) is 0 Å². The van der Waals surface area contributed by atoms with Gasteiger partial charge in [0.15, 0.2) is 0 Å². The number of hydrogen-bond donors (Lipinski definition) is 1. The number of rotatable bonds is 11. The highest BCUT2D eigenvalue weighted by molar-refractivity contribution is 4.88. The third-order valence-corrected chi connectivity index (χ3v) is 4.21. The van der Waals surface area contributed by atoms with Crippen molar-refractivity contribution < 1.29 is 4.74 Å². The van der Waals surface area contributed by atoms with Gasteiger partial charge in [0, 0.05) is 19.2 Å². The Kier molecular flexibility index (Phi) is 8.70. The van der Waals surface area contributed by atoms with Gasteiger partial charge in [0.25, 0.3) is 0 Å². The van der Waals surface area contributed by atoms with E-state index in [-0.39, 0.29) is 0 Å². The van der Waals surface area contributed by atoms with E-state index < -0.39 is 0 Å². The SMILES string of the molecule is CCCCCC(CCCCC)NC1CC(OC)C1. The Labute approximate surface area is 114 Å². The molecule has 0 amide bonds. The standard InChI is InChI=1S/C16H33NO/c1-4-6-8-10-14(11-9-7-5-2)17-15-12-16(13-15)18-3/h14-17H,4-13H2,1-3H3. The normalized spacial score (nSPS) is 23.3. The maximum absolute atomic E-state index is 5.36. The number of nitrogens with one attached hydrogen (secondary N) is 1.